The number of methoxy groups -OCH3 is 1. The number of benzene rings is 2. The van der Waals surface area contributed by atoms with Crippen LogP contribution in [-0.4, -0.2) is 24.2 Å². The second-order valence-electron chi connectivity index (χ2n) is 8.45. The van der Waals surface area contributed by atoms with E-state index in [-0.39, 0.29) is 22.9 Å². The Morgan fingerprint density at radius 3 is 2.48 bits per heavy atom. The highest BCUT2D eigenvalue weighted by atomic mass is 19.1. The second kappa shape index (κ2) is 7.79. The van der Waals surface area contributed by atoms with Gasteiger partial charge >= 0.3 is 5.97 Å². The average molecular weight is 397 g/mol. The van der Waals surface area contributed by atoms with Crippen molar-refractivity contribution in [1.82, 2.24) is 5.32 Å². The molecule has 2 aromatic carbocycles. The number of esters is 1. The van der Waals surface area contributed by atoms with E-state index in [1.54, 1.807) is 13.2 Å². The van der Waals surface area contributed by atoms with Crippen LogP contribution in [0.25, 0.3) is 0 Å². The van der Waals surface area contributed by atoms with E-state index in [2.05, 4.69) is 17.4 Å². The molecule has 5 heteroatoms. The number of ether oxygens (including phenoxy) is 2. The number of halogens is 1. The first-order valence-electron chi connectivity index (χ1n) is 10.3. The lowest BCUT2D eigenvalue weighted by molar-refractivity contribution is -0.151. The molecular weight excluding hydrogens is 369 g/mol. The van der Waals surface area contributed by atoms with Crippen LogP contribution in [-0.2, 0) is 16.0 Å². The van der Waals surface area contributed by atoms with Gasteiger partial charge in [0.15, 0.2) is 0 Å². The Labute approximate surface area is 171 Å². The van der Waals surface area contributed by atoms with Crippen molar-refractivity contribution in [1.29, 1.82) is 0 Å². The molecule has 2 bridgehead atoms. The summed E-state index contributed by atoms with van der Waals surface area (Å²) in [6, 6.07) is 14.6. The zero-order chi connectivity index (χ0) is 20.5. The van der Waals surface area contributed by atoms with Gasteiger partial charge in [-0.2, -0.15) is 0 Å². The number of hydrogen-bond donors (Lipinski definition) is 1. The fourth-order valence-corrected chi connectivity index (χ4v) is 5.10. The third-order valence-electron chi connectivity index (χ3n) is 6.60. The van der Waals surface area contributed by atoms with Gasteiger partial charge in [0.2, 0.25) is 0 Å². The Hall–Kier alpha value is -2.40. The normalized spacial score (nSPS) is 26.3. The molecule has 2 fully saturated rings. The summed E-state index contributed by atoms with van der Waals surface area (Å²) in [7, 11) is 1.67. The maximum absolute atomic E-state index is 13.9. The number of nitrogens with one attached hydrogen (secondary N) is 1. The van der Waals surface area contributed by atoms with Crippen LogP contribution in [0, 0.1) is 5.82 Å². The second-order valence-corrected chi connectivity index (χ2v) is 8.45. The monoisotopic (exact) mass is 397 g/mol. The third kappa shape index (κ3) is 4.01. The lowest BCUT2D eigenvalue weighted by Crippen LogP contribution is -2.47. The predicted octanol–water partition coefficient (Wildman–Crippen LogP) is 4.73. The molecule has 4 nitrogen and oxygen atoms in total. The smallest absolute Gasteiger partial charge is 0.303 e. The molecule has 2 saturated heterocycles. The van der Waals surface area contributed by atoms with Crippen molar-refractivity contribution in [3.05, 3.63) is 65.5 Å². The van der Waals surface area contributed by atoms with Crippen LogP contribution < -0.4 is 10.1 Å². The highest BCUT2D eigenvalue weighted by Crippen LogP contribution is 2.53. The number of aryl methyl sites for hydroxylation is 1. The van der Waals surface area contributed by atoms with Crippen molar-refractivity contribution < 1.29 is 18.7 Å². The van der Waals surface area contributed by atoms with E-state index < -0.39 is 6.10 Å². The molecule has 0 unspecified atom stereocenters. The van der Waals surface area contributed by atoms with Crippen LogP contribution in [0.3, 0.4) is 0 Å². The molecule has 29 heavy (non-hydrogen) atoms. The van der Waals surface area contributed by atoms with Crippen molar-refractivity contribution in [2.45, 2.75) is 62.6 Å². The minimum atomic E-state index is -0.471. The van der Waals surface area contributed by atoms with Crippen molar-refractivity contribution in [2.75, 3.05) is 7.11 Å². The van der Waals surface area contributed by atoms with E-state index in [1.807, 2.05) is 18.2 Å². The van der Waals surface area contributed by atoms with Gasteiger partial charge in [-0.05, 0) is 73.9 Å². The van der Waals surface area contributed by atoms with E-state index in [9.17, 15) is 9.18 Å². The first-order valence-corrected chi connectivity index (χ1v) is 10.3. The molecule has 1 atom stereocenters. The highest BCUT2D eigenvalue weighted by Gasteiger charge is 2.58. The number of hydrogen-bond acceptors (Lipinski definition) is 4. The Morgan fingerprint density at radius 1 is 1.14 bits per heavy atom. The Bertz CT molecular complexity index is 872. The van der Waals surface area contributed by atoms with Gasteiger partial charge in [-0.25, -0.2) is 4.39 Å². The van der Waals surface area contributed by atoms with Crippen LogP contribution in [0.4, 0.5) is 4.39 Å². The molecule has 0 radical (unpaired) electrons. The summed E-state index contributed by atoms with van der Waals surface area (Å²) in [5.74, 6) is 0.223. The van der Waals surface area contributed by atoms with E-state index in [0.717, 1.165) is 49.8 Å². The number of carbonyl (C=O) groups excluding carboxylic acids is 1. The lowest BCUT2D eigenvalue weighted by Gasteiger charge is -2.35. The maximum atomic E-state index is 13.9. The Kier molecular flexibility index (Phi) is 5.34. The fourth-order valence-electron chi connectivity index (χ4n) is 5.10. The molecule has 2 heterocycles. The summed E-state index contributed by atoms with van der Waals surface area (Å²) < 4.78 is 24.8. The molecule has 2 aliphatic heterocycles. The predicted molar refractivity (Wildman–Crippen MR) is 109 cm³/mol. The fraction of sp³-hybridized carbons (Fsp3) is 0.458. The first kappa shape index (κ1) is 19.9. The Balaban J connectivity index is 1.50. The molecule has 1 N–H and O–H groups in total. The summed E-state index contributed by atoms with van der Waals surface area (Å²) in [4.78, 5) is 11.8. The zero-order valence-corrected chi connectivity index (χ0v) is 17.0. The molecular formula is C24H28FNO3. The summed E-state index contributed by atoms with van der Waals surface area (Å²) in [6.07, 6.45) is 5.45. The number of fused-ring (bicyclic) bond motifs is 2. The Morgan fingerprint density at radius 2 is 1.86 bits per heavy atom. The molecule has 0 spiro atoms. The van der Waals surface area contributed by atoms with Crippen LogP contribution in [0.2, 0.25) is 0 Å². The summed E-state index contributed by atoms with van der Waals surface area (Å²) in [5.41, 5.74) is 1.74. The SMILES string of the molecule is COc1ccc(CCC23CCC([C@@H](OC(C)=O)c4cccc(F)c4)(CC2)N3)cc1. The summed E-state index contributed by atoms with van der Waals surface area (Å²) in [6.45, 7) is 1.42. The molecule has 0 aromatic heterocycles. The van der Waals surface area contributed by atoms with Crippen molar-refractivity contribution in [3.63, 3.8) is 0 Å². The van der Waals surface area contributed by atoms with Gasteiger partial charge in [0, 0.05) is 12.5 Å². The number of rotatable bonds is 7. The molecule has 0 saturated carbocycles. The van der Waals surface area contributed by atoms with E-state index in [4.69, 9.17) is 9.47 Å². The van der Waals surface area contributed by atoms with Crippen molar-refractivity contribution >= 4 is 5.97 Å². The molecule has 0 aliphatic carbocycles. The van der Waals surface area contributed by atoms with E-state index >= 15 is 0 Å². The molecule has 154 valence electrons. The van der Waals surface area contributed by atoms with Crippen LogP contribution in [0.5, 0.6) is 5.75 Å². The lowest BCUT2D eigenvalue weighted by atomic mass is 9.76. The van der Waals surface area contributed by atoms with Gasteiger partial charge in [-0.15, -0.1) is 0 Å². The zero-order valence-electron chi connectivity index (χ0n) is 17.0. The largest absolute Gasteiger partial charge is 0.497 e. The van der Waals surface area contributed by atoms with Crippen LogP contribution >= 0.6 is 0 Å². The van der Waals surface area contributed by atoms with Gasteiger partial charge < -0.3 is 14.8 Å². The van der Waals surface area contributed by atoms with E-state index in [1.165, 1.54) is 24.6 Å². The van der Waals surface area contributed by atoms with E-state index in [0.29, 0.717) is 0 Å². The molecule has 2 aromatic rings. The minimum absolute atomic E-state index is 0.0473. The van der Waals surface area contributed by atoms with Gasteiger partial charge in [-0.1, -0.05) is 24.3 Å². The molecule has 0 amide bonds. The van der Waals surface area contributed by atoms with Crippen molar-refractivity contribution in [3.8, 4) is 5.75 Å². The van der Waals surface area contributed by atoms with Gasteiger partial charge in [-0.3, -0.25) is 4.79 Å². The maximum Gasteiger partial charge on any atom is 0.303 e. The first-order chi connectivity index (χ1) is 13.9. The van der Waals surface area contributed by atoms with Gasteiger partial charge in [0.05, 0.1) is 12.6 Å². The third-order valence-corrected chi connectivity index (χ3v) is 6.60. The van der Waals surface area contributed by atoms with Crippen molar-refractivity contribution in [2.24, 2.45) is 0 Å². The topological polar surface area (TPSA) is 47.6 Å². The van der Waals surface area contributed by atoms with Gasteiger partial charge in [0.25, 0.3) is 0 Å². The molecule has 2 aliphatic rings. The molecule has 4 rings (SSSR count). The van der Waals surface area contributed by atoms with Gasteiger partial charge in [0.1, 0.15) is 17.7 Å². The summed E-state index contributed by atoms with van der Waals surface area (Å²) >= 11 is 0. The van der Waals surface area contributed by atoms with Crippen LogP contribution in [0.1, 0.15) is 56.3 Å². The minimum Gasteiger partial charge on any atom is -0.497 e. The summed E-state index contributed by atoms with van der Waals surface area (Å²) in [5, 5.41) is 3.85. The standard InChI is InChI=1S/C24H28FNO3/c1-17(27)29-22(19-4-3-5-20(25)16-19)24-14-12-23(26-24,13-15-24)11-10-18-6-8-21(28-2)9-7-18/h3-9,16,22,26H,10-15H2,1-2H3/t22-,23?,24?/m0/s1. The number of carbonyl (C=O) groups is 1. The quantitative estimate of drug-likeness (QED) is 0.687. The van der Waals surface area contributed by atoms with Crippen LogP contribution in [0.15, 0.2) is 48.5 Å². The highest BCUT2D eigenvalue weighted by molar-refractivity contribution is 5.66. The average Bonchev–Trinajstić information content (AvgIpc) is 3.28.